The Morgan fingerprint density at radius 3 is 2.55 bits per heavy atom. The van der Waals surface area contributed by atoms with E-state index in [-0.39, 0.29) is 12.1 Å². The summed E-state index contributed by atoms with van der Waals surface area (Å²) in [6.07, 6.45) is 3.68. The molecule has 1 aromatic rings. The predicted molar refractivity (Wildman–Crippen MR) is 82.4 cm³/mol. The van der Waals surface area contributed by atoms with E-state index in [0.29, 0.717) is 25.4 Å². The molecule has 2 fully saturated rings. The fourth-order valence-corrected chi connectivity index (χ4v) is 3.15. The van der Waals surface area contributed by atoms with Crippen LogP contribution in [-0.4, -0.2) is 35.1 Å². The summed E-state index contributed by atoms with van der Waals surface area (Å²) >= 11 is 0. The minimum absolute atomic E-state index is 0.0407. The van der Waals surface area contributed by atoms with Gasteiger partial charge in [0, 0.05) is 13.1 Å². The Morgan fingerprint density at radius 1 is 1.18 bits per heavy atom. The summed E-state index contributed by atoms with van der Waals surface area (Å²) in [6.45, 7) is 0.954. The van der Waals surface area contributed by atoms with E-state index in [2.05, 4.69) is 5.32 Å². The summed E-state index contributed by atoms with van der Waals surface area (Å²) < 4.78 is 0. The van der Waals surface area contributed by atoms with Gasteiger partial charge in [-0.2, -0.15) is 0 Å². The molecule has 2 atom stereocenters. The first-order chi connectivity index (χ1) is 10.6. The number of carboxylic acid groups (broad SMARTS) is 1. The number of likely N-dealkylation sites (tertiary alicyclic amines) is 1. The summed E-state index contributed by atoms with van der Waals surface area (Å²) in [7, 11) is 0. The summed E-state index contributed by atoms with van der Waals surface area (Å²) in [6, 6.07) is 9.93. The number of carbonyl (C=O) groups is 2. The molecule has 1 heterocycles. The van der Waals surface area contributed by atoms with Crippen LogP contribution in [0, 0.1) is 11.8 Å². The molecule has 118 valence electrons. The number of nitrogens with zero attached hydrogens (tertiary/aromatic N) is 1. The zero-order valence-electron chi connectivity index (χ0n) is 12.6. The number of aliphatic carboxylic acids is 1. The molecule has 0 bridgehead atoms. The smallest absolute Gasteiger partial charge is 0.317 e. The SMILES string of the molecule is O=C(O)C1CCCN(C(=O)NC(c2ccccc2)C2CC2)C1. The van der Waals surface area contributed by atoms with Crippen LogP contribution < -0.4 is 5.32 Å². The van der Waals surface area contributed by atoms with E-state index in [1.807, 2.05) is 30.3 Å². The van der Waals surface area contributed by atoms with E-state index in [9.17, 15) is 9.59 Å². The van der Waals surface area contributed by atoms with Gasteiger partial charge in [-0.3, -0.25) is 4.79 Å². The highest BCUT2D eigenvalue weighted by atomic mass is 16.4. The molecule has 2 amide bonds. The second kappa shape index (κ2) is 6.38. The van der Waals surface area contributed by atoms with Crippen LogP contribution in [0.25, 0.3) is 0 Å². The van der Waals surface area contributed by atoms with E-state index < -0.39 is 11.9 Å². The number of benzene rings is 1. The van der Waals surface area contributed by atoms with Gasteiger partial charge in [-0.15, -0.1) is 0 Å². The number of piperidine rings is 1. The van der Waals surface area contributed by atoms with Crippen molar-refractivity contribution < 1.29 is 14.7 Å². The van der Waals surface area contributed by atoms with E-state index in [0.717, 1.165) is 24.8 Å². The molecule has 2 unspecified atom stereocenters. The van der Waals surface area contributed by atoms with Crippen LogP contribution in [-0.2, 0) is 4.79 Å². The molecular weight excluding hydrogens is 280 g/mol. The second-order valence-electron chi connectivity index (χ2n) is 6.30. The Labute approximate surface area is 130 Å². The predicted octanol–water partition coefficient (Wildman–Crippen LogP) is 2.64. The fourth-order valence-electron chi connectivity index (χ4n) is 3.15. The average Bonchev–Trinajstić information content (AvgIpc) is 3.38. The van der Waals surface area contributed by atoms with Crippen LogP contribution in [0.4, 0.5) is 4.79 Å². The number of hydrogen-bond acceptors (Lipinski definition) is 2. The Hall–Kier alpha value is -2.04. The molecular formula is C17H22N2O3. The number of amides is 2. The van der Waals surface area contributed by atoms with Crippen molar-refractivity contribution in [2.75, 3.05) is 13.1 Å². The van der Waals surface area contributed by atoms with Gasteiger partial charge >= 0.3 is 12.0 Å². The lowest BCUT2D eigenvalue weighted by molar-refractivity contribution is -0.143. The fraction of sp³-hybridized carbons (Fsp3) is 0.529. The van der Waals surface area contributed by atoms with Crippen molar-refractivity contribution in [1.82, 2.24) is 10.2 Å². The Bertz CT molecular complexity index is 542. The molecule has 0 radical (unpaired) electrons. The number of carbonyl (C=O) groups excluding carboxylic acids is 1. The minimum Gasteiger partial charge on any atom is -0.481 e. The standard InChI is InChI=1S/C17H22N2O3/c20-16(21)14-7-4-10-19(11-14)17(22)18-15(13-8-9-13)12-5-2-1-3-6-12/h1-3,5-6,13-15H,4,7-11H2,(H,18,22)(H,20,21). The van der Waals surface area contributed by atoms with Gasteiger partial charge in [0.25, 0.3) is 0 Å². The normalized spacial score (nSPS) is 22.9. The molecule has 0 spiro atoms. The lowest BCUT2D eigenvalue weighted by Gasteiger charge is -2.32. The molecule has 1 aliphatic carbocycles. The molecule has 22 heavy (non-hydrogen) atoms. The van der Waals surface area contributed by atoms with Crippen LogP contribution in [0.2, 0.25) is 0 Å². The number of rotatable bonds is 4. The first-order valence-corrected chi connectivity index (χ1v) is 7.98. The molecule has 3 rings (SSSR count). The lowest BCUT2D eigenvalue weighted by Crippen LogP contribution is -2.48. The first-order valence-electron chi connectivity index (χ1n) is 7.98. The molecule has 1 aromatic carbocycles. The van der Waals surface area contributed by atoms with Crippen molar-refractivity contribution in [2.24, 2.45) is 11.8 Å². The number of nitrogens with one attached hydrogen (secondary N) is 1. The average molecular weight is 302 g/mol. The van der Waals surface area contributed by atoms with Crippen molar-refractivity contribution in [3.8, 4) is 0 Å². The molecule has 1 aliphatic heterocycles. The largest absolute Gasteiger partial charge is 0.481 e. The summed E-state index contributed by atoms with van der Waals surface area (Å²) in [5.41, 5.74) is 1.13. The maximum Gasteiger partial charge on any atom is 0.317 e. The summed E-state index contributed by atoms with van der Waals surface area (Å²) in [5, 5.41) is 12.3. The van der Waals surface area contributed by atoms with Crippen molar-refractivity contribution in [1.29, 1.82) is 0 Å². The third kappa shape index (κ3) is 3.40. The molecule has 2 aliphatic rings. The van der Waals surface area contributed by atoms with Crippen molar-refractivity contribution in [2.45, 2.75) is 31.7 Å². The van der Waals surface area contributed by atoms with Gasteiger partial charge in [-0.05, 0) is 37.2 Å². The molecule has 5 heteroatoms. The molecule has 1 saturated heterocycles. The van der Waals surface area contributed by atoms with Crippen LogP contribution >= 0.6 is 0 Å². The molecule has 0 aromatic heterocycles. The monoisotopic (exact) mass is 302 g/mol. The van der Waals surface area contributed by atoms with Crippen molar-refractivity contribution in [3.63, 3.8) is 0 Å². The van der Waals surface area contributed by atoms with Gasteiger partial charge in [0.1, 0.15) is 0 Å². The summed E-state index contributed by atoms with van der Waals surface area (Å²) in [5.74, 6) is -0.735. The lowest BCUT2D eigenvalue weighted by atomic mass is 9.98. The van der Waals surface area contributed by atoms with Gasteiger partial charge < -0.3 is 15.3 Å². The van der Waals surface area contributed by atoms with Gasteiger partial charge in [0.2, 0.25) is 0 Å². The van der Waals surface area contributed by atoms with Crippen molar-refractivity contribution in [3.05, 3.63) is 35.9 Å². The summed E-state index contributed by atoms with van der Waals surface area (Å²) in [4.78, 5) is 25.3. The quantitative estimate of drug-likeness (QED) is 0.898. The van der Waals surface area contributed by atoms with Crippen LogP contribution in [0.15, 0.2) is 30.3 Å². The van der Waals surface area contributed by atoms with Gasteiger partial charge in [0.15, 0.2) is 0 Å². The second-order valence-corrected chi connectivity index (χ2v) is 6.30. The maximum atomic E-state index is 12.5. The van der Waals surface area contributed by atoms with Gasteiger partial charge in [-0.1, -0.05) is 30.3 Å². The van der Waals surface area contributed by atoms with E-state index >= 15 is 0 Å². The maximum absolute atomic E-state index is 12.5. The van der Waals surface area contributed by atoms with E-state index in [4.69, 9.17) is 5.11 Å². The molecule has 5 nitrogen and oxygen atoms in total. The Kier molecular flexibility index (Phi) is 4.32. The zero-order chi connectivity index (χ0) is 15.5. The van der Waals surface area contributed by atoms with Crippen LogP contribution in [0.1, 0.15) is 37.3 Å². The highest BCUT2D eigenvalue weighted by Crippen LogP contribution is 2.41. The Balaban J connectivity index is 1.65. The van der Waals surface area contributed by atoms with E-state index in [1.54, 1.807) is 4.90 Å². The van der Waals surface area contributed by atoms with Crippen molar-refractivity contribution >= 4 is 12.0 Å². The third-order valence-electron chi connectivity index (χ3n) is 4.59. The topological polar surface area (TPSA) is 69.6 Å². The third-order valence-corrected chi connectivity index (χ3v) is 4.59. The molecule has 1 saturated carbocycles. The van der Waals surface area contributed by atoms with Crippen LogP contribution in [0.3, 0.4) is 0 Å². The zero-order valence-corrected chi connectivity index (χ0v) is 12.6. The molecule has 2 N–H and O–H groups in total. The van der Waals surface area contributed by atoms with Gasteiger partial charge in [0.05, 0.1) is 12.0 Å². The number of urea groups is 1. The van der Waals surface area contributed by atoms with Crippen LogP contribution in [0.5, 0.6) is 0 Å². The number of carboxylic acids is 1. The Morgan fingerprint density at radius 2 is 1.91 bits per heavy atom. The highest BCUT2D eigenvalue weighted by Gasteiger charge is 2.35. The van der Waals surface area contributed by atoms with E-state index in [1.165, 1.54) is 0 Å². The minimum atomic E-state index is -0.806. The first kappa shape index (κ1) is 14.9. The number of hydrogen-bond donors (Lipinski definition) is 2. The highest BCUT2D eigenvalue weighted by molar-refractivity contribution is 5.77. The van der Waals surface area contributed by atoms with Gasteiger partial charge in [-0.25, -0.2) is 4.79 Å².